The van der Waals surface area contributed by atoms with Crippen LogP contribution in [0, 0.1) is 5.41 Å². The number of amides is 1. The molecule has 4 rings (SSSR count). The summed E-state index contributed by atoms with van der Waals surface area (Å²) in [5, 5.41) is 8.19. The zero-order chi connectivity index (χ0) is 25.2. The highest BCUT2D eigenvalue weighted by molar-refractivity contribution is 8.19. The van der Waals surface area contributed by atoms with E-state index in [1.54, 1.807) is 31.2 Å². The van der Waals surface area contributed by atoms with E-state index in [1.165, 1.54) is 47.4 Å². The Labute approximate surface area is 201 Å². The first-order chi connectivity index (χ1) is 16.6. The predicted octanol–water partition coefficient (Wildman–Crippen LogP) is 6.08. The summed E-state index contributed by atoms with van der Waals surface area (Å²) in [6, 6.07) is 14.6. The molecule has 1 amide bonds. The van der Waals surface area contributed by atoms with Crippen LogP contribution in [-0.2, 0) is 9.53 Å². The fourth-order valence-corrected chi connectivity index (χ4v) is 4.06. The third-order valence-electron chi connectivity index (χ3n) is 4.73. The molecule has 1 aromatic heterocycles. The summed E-state index contributed by atoms with van der Waals surface area (Å²) in [5.74, 6) is -0.549. The SMILES string of the molecule is CCOC(=O)c1ccc(N2C(=N)SC(=Cc3ccc(-c4ccc(OC(F)(F)F)cc4)o3)C2=O)cc1. The molecule has 1 aliphatic heterocycles. The lowest BCUT2D eigenvalue weighted by Crippen LogP contribution is -2.28. The number of amidine groups is 1. The minimum Gasteiger partial charge on any atom is -0.462 e. The van der Waals surface area contributed by atoms with Gasteiger partial charge in [0, 0.05) is 11.6 Å². The van der Waals surface area contributed by atoms with Crippen LogP contribution in [0.1, 0.15) is 23.0 Å². The molecule has 3 aromatic rings. The van der Waals surface area contributed by atoms with Gasteiger partial charge in [0.05, 0.1) is 22.8 Å². The van der Waals surface area contributed by atoms with Gasteiger partial charge in [-0.25, -0.2) is 4.79 Å². The molecule has 2 aromatic carbocycles. The number of nitrogens with zero attached hydrogens (tertiary/aromatic N) is 1. The van der Waals surface area contributed by atoms with Crippen molar-refractivity contribution in [2.45, 2.75) is 13.3 Å². The fraction of sp³-hybridized carbons (Fsp3) is 0.125. The first-order valence-electron chi connectivity index (χ1n) is 10.2. The Bertz CT molecular complexity index is 1300. The lowest BCUT2D eigenvalue weighted by Gasteiger charge is -2.14. The van der Waals surface area contributed by atoms with E-state index in [1.807, 2.05) is 0 Å². The molecule has 2 heterocycles. The first kappa shape index (κ1) is 24.1. The van der Waals surface area contributed by atoms with Crippen molar-refractivity contribution in [3.63, 3.8) is 0 Å². The summed E-state index contributed by atoms with van der Waals surface area (Å²) in [7, 11) is 0. The number of carbonyl (C=O) groups is 2. The third-order valence-corrected chi connectivity index (χ3v) is 5.62. The van der Waals surface area contributed by atoms with Crippen molar-refractivity contribution in [1.82, 2.24) is 0 Å². The van der Waals surface area contributed by atoms with E-state index >= 15 is 0 Å². The second kappa shape index (κ2) is 9.71. The summed E-state index contributed by atoms with van der Waals surface area (Å²) < 4.78 is 51.5. The number of ether oxygens (including phenoxy) is 2. The lowest BCUT2D eigenvalue weighted by atomic mass is 10.2. The van der Waals surface area contributed by atoms with Crippen molar-refractivity contribution in [3.05, 3.63) is 76.9 Å². The second-order valence-electron chi connectivity index (χ2n) is 7.10. The van der Waals surface area contributed by atoms with E-state index in [0.717, 1.165) is 11.8 Å². The molecular formula is C24H17F3N2O5S. The van der Waals surface area contributed by atoms with Crippen LogP contribution >= 0.6 is 11.8 Å². The molecule has 35 heavy (non-hydrogen) atoms. The molecular weight excluding hydrogens is 485 g/mol. The summed E-state index contributed by atoms with van der Waals surface area (Å²) in [5.41, 5.74) is 1.27. The Morgan fingerprint density at radius 1 is 1.09 bits per heavy atom. The molecule has 0 saturated carbocycles. The van der Waals surface area contributed by atoms with Crippen LogP contribution in [0.2, 0.25) is 0 Å². The molecule has 7 nitrogen and oxygen atoms in total. The first-order valence-corrected chi connectivity index (χ1v) is 11.0. The van der Waals surface area contributed by atoms with Crippen LogP contribution in [0.25, 0.3) is 17.4 Å². The number of alkyl halides is 3. The van der Waals surface area contributed by atoms with Crippen molar-refractivity contribution in [3.8, 4) is 17.1 Å². The van der Waals surface area contributed by atoms with Crippen LogP contribution in [0.15, 0.2) is 70.0 Å². The number of carbonyl (C=O) groups excluding carboxylic acids is 2. The number of benzene rings is 2. The number of nitrogens with one attached hydrogen (secondary N) is 1. The Morgan fingerprint density at radius 2 is 1.77 bits per heavy atom. The van der Waals surface area contributed by atoms with Crippen molar-refractivity contribution in [2.24, 2.45) is 0 Å². The minimum absolute atomic E-state index is 0.0165. The lowest BCUT2D eigenvalue weighted by molar-refractivity contribution is -0.274. The maximum absolute atomic E-state index is 12.9. The highest BCUT2D eigenvalue weighted by Gasteiger charge is 2.34. The van der Waals surface area contributed by atoms with Gasteiger partial charge in [0.15, 0.2) is 5.17 Å². The standard InChI is InChI=1S/C24H17F3N2O5S/c1-2-32-22(31)15-3-7-16(8-4-15)29-21(30)20(35-23(29)28)13-18-11-12-19(33-18)14-5-9-17(10-6-14)34-24(25,26)27/h3-13,28H,2H2,1H3. The van der Waals surface area contributed by atoms with E-state index < -0.39 is 18.2 Å². The van der Waals surface area contributed by atoms with Crippen molar-refractivity contribution in [2.75, 3.05) is 11.5 Å². The average Bonchev–Trinajstić information content (AvgIpc) is 3.38. The van der Waals surface area contributed by atoms with E-state index in [9.17, 15) is 22.8 Å². The normalized spacial score (nSPS) is 15.1. The van der Waals surface area contributed by atoms with Crippen molar-refractivity contribution < 1.29 is 36.7 Å². The van der Waals surface area contributed by atoms with Crippen LogP contribution in [0.5, 0.6) is 5.75 Å². The van der Waals surface area contributed by atoms with Gasteiger partial charge in [-0.1, -0.05) is 0 Å². The van der Waals surface area contributed by atoms with Crippen LogP contribution in [0.3, 0.4) is 0 Å². The van der Waals surface area contributed by atoms with Crippen molar-refractivity contribution >= 4 is 40.6 Å². The average molecular weight is 502 g/mol. The van der Waals surface area contributed by atoms with Gasteiger partial charge in [-0.15, -0.1) is 13.2 Å². The molecule has 1 fully saturated rings. The van der Waals surface area contributed by atoms with Gasteiger partial charge in [-0.2, -0.15) is 0 Å². The summed E-state index contributed by atoms with van der Waals surface area (Å²) in [6.45, 7) is 1.94. The minimum atomic E-state index is -4.78. The quantitative estimate of drug-likeness (QED) is 0.325. The van der Waals surface area contributed by atoms with Gasteiger partial charge in [-0.05, 0) is 79.3 Å². The maximum atomic E-state index is 12.9. The van der Waals surface area contributed by atoms with Crippen LogP contribution in [0.4, 0.5) is 18.9 Å². The van der Waals surface area contributed by atoms with Gasteiger partial charge in [0.2, 0.25) is 0 Å². The molecule has 0 radical (unpaired) electrons. The highest BCUT2D eigenvalue weighted by Crippen LogP contribution is 2.36. The van der Waals surface area contributed by atoms with Gasteiger partial charge < -0.3 is 13.9 Å². The second-order valence-corrected chi connectivity index (χ2v) is 8.13. The Balaban J connectivity index is 1.49. The fourth-order valence-electron chi connectivity index (χ4n) is 3.22. The maximum Gasteiger partial charge on any atom is 0.573 e. The molecule has 11 heteroatoms. The largest absolute Gasteiger partial charge is 0.573 e. The number of esters is 1. The van der Waals surface area contributed by atoms with E-state index in [0.29, 0.717) is 28.3 Å². The highest BCUT2D eigenvalue weighted by atomic mass is 32.2. The molecule has 1 aliphatic rings. The molecule has 1 saturated heterocycles. The van der Waals surface area contributed by atoms with E-state index in [2.05, 4.69) is 4.74 Å². The topological polar surface area (TPSA) is 92.8 Å². The number of hydrogen-bond acceptors (Lipinski definition) is 7. The molecule has 0 bridgehead atoms. The Hall–Kier alpha value is -3.99. The van der Waals surface area contributed by atoms with Gasteiger partial charge in [0.25, 0.3) is 5.91 Å². The number of hydrogen-bond donors (Lipinski definition) is 1. The summed E-state index contributed by atoms with van der Waals surface area (Å²) in [6.07, 6.45) is -3.29. The van der Waals surface area contributed by atoms with Gasteiger partial charge in [-0.3, -0.25) is 15.1 Å². The number of furan rings is 1. The third kappa shape index (κ3) is 5.57. The Morgan fingerprint density at radius 3 is 2.40 bits per heavy atom. The molecule has 0 atom stereocenters. The zero-order valence-electron chi connectivity index (χ0n) is 18.1. The summed E-state index contributed by atoms with van der Waals surface area (Å²) >= 11 is 0.948. The van der Waals surface area contributed by atoms with E-state index in [4.69, 9.17) is 14.6 Å². The molecule has 0 aliphatic carbocycles. The van der Waals surface area contributed by atoms with Gasteiger partial charge in [0.1, 0.15) is 17.3 Å². The van der Waals surface area contributed by atoms with Crippen LogP contribution < -0.4 is 9.64 Å². The molecule has 180 valence electrons. The van der Waals surface area contributed by atoms with Crippen LogP contribution in [-0.4, -0.2) is 30.0 Å². The predicted molar refractivity (Wildman–Crippen MR) is 124 cm³/mol. The van der Waals surface area contributed by atoms with E-state index in [-0.39, 0.29) is 22.4 Å². The monoisotopic (exact) mass is 502 g/mol. The van der Waals surface area contributed by atoms with Gasteiger partial charge >= 0.3 is 12.3 Å². The molecule has 1 N–H and O–H groups in total. The number of anilines is 1. The summed E-state index contributed by atoms with van der Waals surface area (Å²) in [4.78, 5) is 26.2. The molecule has 0 spiro atoms. The smallest absolute Gasteiger partial charge is 0.462 e. The zero-order valence-corrected chi connectivity index (χ0v) is 18.9. The molecule has 0 unspecified atom stereocenters. The number of thioether (sulfide) groups is 1. The number of rotatable bonds is 6. The Kier molecular flexibility index (Phi) is 6.70. The number of halogens is 3. The van der Waals surface area contributed by atoms with Crippen molar-refractivity contribution in [1.29, 1.82) is 5.41 Å².